The summed E-state index contributed by atoms with van der Waals surface area (Å²) in [5.74, 6) is 1.21. The van der Waals surface area contributed by atoms with E-state index in [0.717, 1.165) is 39.0 Å². The van der Waals surface area contributed by atoms with Crippen molar-refractivity contribution in [3.63, 3.8) is 0 Å². The van der Waals surface area contributed by atoms with E-state index in [1.54, 1.807) is 0 Å². The molecule has 0 radical (unpaired) electrons. The summed E-state index contributed by atoms with van der Waals surface area (Å²) in [7, 11) is 0. The van der Waals surface area contributed by atoms with Gasteiger partial charge >= 0.3 is 0 Å². The fourth-order valence-electron chi connectivity index (χ4n) is 2.51. The molecule has 0 aromatic heterocycles. The summed E-state index contributed by atoms with van der Waals surface area (Å²) in [6.07, 6.45) is 2.90. The van der Waals surface area contributed by atoms with Gasteiger partial charge in [0, 0.05) is 26.1 Å². The molecule has 86 valence electrons. The van der Waals surface area contributed by atoms with Crippen LogP contribution in [0.2, 0.25) is 0 Å². The highest BCUT2D eigenvalue weighted by molar-refractivity contribution is 5.78. The maximum atomic E-state index is 11.0. The van der Waals surface area contributed by atoms with Crippen molar-refractivity contribution in [2.24, 2.45) is 11.8 Å². The van der Waals surface area contributed by atoms with Gasteiger partial charge in [-0.3, -0.25) is 4.79 Å². The fraction of sp³-hybridized carbons (Fsp3) is 0.909. The molecule has 0 spiro atoms. The van der Waals surface area contributed by atoms with Crippen LogP contribution in [0.25, 0.3) is 0 Å². The first kappa shape index (κ1) is 10.9. The molecule has 2 fully saturated rings. The quantitative estimate of drug-likeness (QED) is 0.683. The number of aliphatic hydroxyl groups excluding tert-OH is 1. The molecule has 0 aromatic rings. The highest BCUT2D eigenvalue weighted by atomic mass is 16.3. The second-order valence-electron chi connectivity index (χ2n) is 4.80. The average Bonchev–Trinajstić information content (AvgIpc) is 2.65. The monoisotopic (exact) mass is 212 g/mol. The largest absolute Gasteiger partial charge is 0.396 e. The molecule has 2 heterocycles. The predicted octanol–water partition coefficient (Wildman–Crippen LogP) is -0.173. The van der Waals surface area contributed by atoms with Crippen molar-refractivity contribution in [1.82, 2.24) is 10.2 Å². The van der Waals surface area contributed by atoms with Crippen molar-refractivity contribution in [2.45, 2.75) is 19.3 Å². The van der Waals surface area contributed by atoms with Gasteiger partial charge in [-0.05, 0) is 37.8 Å². The van der Waals surface area contributed by atoms with Crippen LogP contribution in [0.4, 0.5) is 0 Å². The lowest BCUT2D eigenvalue weighted by atomic mass is 9.97. The minimum absolute atomic E-state index is 0.199. The number of rotatable bonds is 3. The first-order valence-corrected chi connectivity index (χ1v) is 5.88. The molecular formula is C11H20N2O2. The van der Waals surface area contributed by atoms with Gasteiger partial charge in [0.2, 0.25) is 5.91 Å². The predicted molar refractivity (Wildman–Crippen MR) is 57.4 cm³/mol. The topological polar surface area (TPSA) is 52.6 Å². The smallest absolute Gasteiger partial charge is 0.220 e. The summed E-state index contributed by atoms with van der Waals surface area (Å²) >= 11 is 0. The molecule has 2 aliphatic rings. The second-order valence-corrected chi connectivity index (χ2v) is 4.80. The number of aliphatic hydroxyl groups is 1. The standard InChI is InChI=1S/C11H20N2O2/c14-8-9-1-3-13(4-2-9)7-10-5-11(15)12-6-10/h9-10,14H,1-8H2,(H,12,15)/t10-/m1/s1. The Hall–Kier alpha value is -0.610. The molecule has 1 atom stereocenters. The molecule has 2 rings (SSSR count). The van der Waals surface area contributed by atoms with E-state index < -0.39 is 0 Å². The molecule has 0 bridgehead atoms. The Morgan fingerprint density at radius 1 is 1.33 bits per heavy atom. The summed E-state index contributed by atoms with van der Waals surface area (Å²) in [5.41, 5.74) is 0. The zero-order valence-corrected chi connectivity index (χ0v) is 9.11. The molecule has 2 N–H and O–H groups in total. The van der Waals surface area contributed by atoms with Crippen molar-refractivity contribution in [1.29, 1.82) is 0 Å². The van der Waals surface area contributed by atoms with Crippen molar-refractivity contribution in [3.05, 3.63) is 0 Å². The number of piperidine rings is 1. The number of carbonyl (C=O) groups is 1. The van der Waals surface area contributed by atoms with Gasteiger partial charge in [0.1, 0.15) is 0 Å². The third-order valence-corrected chi connectivity index (χ3v) is 3.54. The van der Waals surface area contributed by atoms with Gasteiger partial charge in [-0.25, -0.2) is 0 Å². The van der Waals surface area contributed by atoms with Crippen molar-refractivity contribution in [3.8, 4) is 0 Å². The Bertz CT molecular complexity index is 225. The van der Waals surface area contributed by atoms with E-state index in [1.807, 2.05) is 0 Å². The van der Waals surface area contributed by atoms with Gasteiger partial charge in [-0.1, -0.05) is 0 Å². The zero-order valence-electron chi connectivity index (χ0n) is 9.11. The van der Waals surface area contributed by atoms with Crippen LogP contribution in [0.3, 0.4) is 0 Å². The number of likely N-dealkylation sites (tertiary alicyclic amines) is 1. The van der Waals surface area contributed by atoms with Gasteiger partial charge in [-0.2, -0.15) is 0 Å². The van der Waals surface area contributed by atoms with E-state index in [2.05, 4.69) is 10.2 Å². The summed E-state index contributed by atoms with van der Waals surface area (Å²) in [6, 6.07) is 0. The van der Waals surface area contributed by atoms with Gasteiger partial charge in [0.25, 0.3) is 0 Å². The molecule has 2 saturated heterocycles. The first-order valence-electron chi connectivity index (χ1n) is 5.88. The molecule has 0 aromatic carbocycles. The summed E-state index contributed by atoms with van der Waals surface area (Å²) in [4.78, 5) is 13.5. The van der Waals surface area contributed by atoms with Gasteiger partial charge in [0.15, 0.2) is 0 Å². The highest BCUT2D eigenvalue weighted by Crippen LogP contribution is 2.19. The first-order chi connectivity index (χ1) is 7.28. The molecule has 4 nitrogen and oxygen atoms in total. The number of nitrogens with one attached hydrogen (secondary N) is 1. The summed E-state index contributed by atoms with van der Waals surface area (Å²) in [5, 5.41) is 11.9. The van der Waals surface area contributed by atoms with E-state index in [-0.39, 0.29) is 5.91 Å². The molecule has 0 unspecified atom stereocenters. The van der Waals surface area contributed by atoms with Crippen LogP contribution in [0, 0.1) is 11.8 Å². The van der Waals surface area contributed by atoms with Crippen molar-refractivity contribution < 1.29 is 9.90 Å². The fourth-order valence-corrected chi connectivity index (χ4v) is 2.51. The van der Waals surface area contributed by atoms with Gasteiger partial charge in [-0.15, -0.1) is 0 Å². The third-order valence-electron chi connectivity index (χ3n) is 3.54. The maximum absolute atomic E-state index is 11.0. The normalized spacial score (nSPS) is 29.4. The van der Waals surface area contributed by atoms with E-state index in [4.69, 9.17) is 5.11 Å². The van der Waals surface area contributed by atoms with Gasteiger partial charge < -0.3 is 15.3 Å². The van der Waals surface area contributed by atoms with E-state index in [0.29, 0.717) is 24.9 Å². The number of carbonyl (C=O) groups excluding carboxylic acids is 1. The second kappa shape index (κ2) is 4.94. The lowest BCUT2D eigenvalue weighted by Gasteiger charge is -2.32. The van der Waals surface area contributed by atoms with Crippen LogP contribution < -0.4 is 5.32 Å². The minimum atomic E-state index is 0.199. The molecule has 0 aliphatic carbocycles. The van der Waals surface area contributed by atoms with E-state index in [1.165, 1.54) is 0 Å². The molecular weight excluding hydrogens is 192 g/mol. The summed E-state index contributed by atoms with van der Waals surface area (Å²) in [6.45, 7) is 4.37. The Morgan fingerprint density at radius 2 is 2.07 bits per heavy atom. The molecule has 0 saturated carbocycles. The van der Waals surface area contributed by atoms with E-state index >= 15 is 0 Å². The SMILES string of the molecule is O=C1C[C@@H](CN2CCC(CO)CC2)CN1. The average molecular weight is 212 g/mol. The molecule has 4 heteroatoms. The molecule has 2 aliphatic heterocycles. The Balaban J connectivity index is 1.70. The van der Waals surface area contributed by atoms with E-state index in [9.17, 15) is 4.79 Å². The molecule has 1 amide bonds. The van der Waals surface area contributed by atoms with Crippen LogP contribution in [0.5, 0.6) is 0 Å². The number of hydrogen-bond acceptors (Lipinski definition) is 3. The number of amides is 1. The number of nitrogens with zero attached hydrogens (tertiary/aromatic N) is 1. The third kappa shape index (κ3) is 2.92. The van der Waals surface area contributed by atoms with Crippen LogP contribution in [-0.2, 0) is 4.79 Å². The van der Waals surface area contributed by atoms with Crippen LogP contribution >= 0.6 is 0 Å². The minimum Gasteiger partial charge on any atom is -0.396 e. The highest BCUT2D eigenvalue weighted by Gasteiger charge is 2.25. The van der Waals surface area contributed by atoms with Crippen molar-refractivity contribution in [2.75, 3.05) is 32.8 Å². The lowest BCUT2D eigenvalue weighted by molar-refractivity contribution is -0.119. The van der Waals surface area contributed by atoms with Crippen LogP contribution in [-0.4, -0.2) is 48.7 Å². The molecule has 15 heavy (non-hydrogen) atoms. The van der Waals surface area contributed by atoms with Gasteiger partial charge in [0.05, 0.1) is 0 Å². The summed E-state index contributed by atoms with van der Waals surface area (Å²) < 4.78 is 0. The van der Waals surface area contributed by atoms with Crippen LogP contribution in [0.15, 0.2) is 0 Å². The Labute approximate surface area is 90.6 Å². The van der Waals surface area contributed by atoms with Crippen LogP contribution in [0.1, 0.15) is 19.3 Å². The Kier molecular flexibility index (Phi) is 3.59. The lowest BCUT2D eigenvalue weighted by Crippen LogP contribution is -2.38. The zero-order chi connectivity index (χ0) is 10.7. The maximum Gasteiger partial charge on any atom is 0.220 e. The Morgan fingerprint density at radius 3 is 2.60 bits per heavy atom. The number of hydrogen-bond donors (Lipinski definition) is 2. The van der Waals surface area contributed by atoms with Crippen molar-refractivity contribution >= 4 is 5.91 Å².